The summed E-state index contributed by atoms with van der Waals surface area (Å²) in [5.41, 5.74) is 2.06. The monoisotopic (exact) mass is 455 g/mol. The second-order valence-corrected chi connectivity index (χ2v) is 7.37. The molecule has 1 heterocycles. The van der Waals surface area contributed by atoms with Crippen molar-refractivity contribution in [1.29, 1.82) is 0 Å². The number of carbonyl (C=O) groups excluding carboxylic acids is 1. The third-order valence-electron chi connectivity index (χ3n) is 4.08. The van der Waals surface area contributed by atoms with E-state index in [9.17, 15) is 4.79 Å². The molecule has 0 spiro atoms. The fraction of sp³-hybridized carbons (Fsp3) is 0.278. The second kappa shape index (κ2) is 8.18. The number of para-hydroxylation sites is 1. The summed E-state index contributed by atoms with van der Waals surface area (Å²) in [5, 5.41) is 3.74. The van der Waals surface area contributed by atoms with Crippen LogP contribution in [0.25, 0.3) is 0 Å². The zero-order valence-corrected chi connectivity index (χ0v) is 16.1. The lowest BCUT2D eigenvalue weighted by atomic mass is 10.2. The largest absolute Gasteiger partial charge is 0.369 e. The van der Waals surface area contributed by atoms with Crippen LogP contribution in [-0.2, 0) is 4.79 Å². The molecule has 2 aromatic rings. The maximum Gasteiger partial charge on any atom is 0.238 e. The Morgan fingerprint density at radius 3 is 2.38 bits per heavy atom. The highest BCUT2D eigenvalue weighted by Crippen LogP contribution is 2.20. The van der Waals surface area contributed by atoms with Crippen LogP contribution in [0.1, 0.15) is 0 Å². The van der Waals surface area contributed by atoms with Crippen LogP contribution in [0.15, 0.2) is 48.5 Å². The minimum absolute atomic E-state index is 0.0408. The minimum Gasteiger partial charge on any atom is -0.369 e. The minimum atomic E-state index is 0.0408. The highest BCUT2D eigenvalue weighted by molar-refractivity contribution is 14.1. The van der Waals surface area contributed by atoms with Crippen molar-refractivity contribution in [3.8, 4) is 0 Å². The van der Waals surface area contributed by atoms with Crippen LogP contribution in [0.2, 0.25) is 5.02 Å². The number of carbonyl (C=O) groups is 1. The van der Waals surface area contributed by atoms with Crippen molar-refractivity contribution in [2.24, 2.45) is 0 Å². The van der Waals surface area contributed by atoms with Crippen molar-refractivity contribution < 1.29 is 4.79 Å². The normalized spacial score (nSPS) is 15.3. The lowest BCUT2D eigenvalue weighted by Gasteiger charge is -2.35. The van der Waals surface area contributed by atoms with Crippen molar-refractivity contribution in [2.75, 3.05) is 42.9 Å². The first-order valence-electron chi connectivity index (χ1n) is 7.89. The molecule has 0 aromatic heterocycles. The third-order valence-corrected chi connectivity index (χ3v) is 5.27. The summed E-state index contributed by atoms with van der Waals surface area (Å²) in [6.07, 6.45) is 0. The topological polar surface area (TPSA) is 35.6 Å². The van der Waals surface area contributed by atoms with Gasteiger partial charge in [0.15, 0.2) is 0 Å². The van der Waals surface area contributed by atoms with Crippen molar-refractivity contribution in [1.82, 2.24) is 4.90 Å². The Bertz CT molecular complexity index is 700. The molecule has 24 heavy (non-hydrogen) atoms. The van der Waals surface area contributed by atoms with Gasteiger partial charge >= 0.3 is 0 Å². The number of halogens is 2. The van der Waals surface area contributed by atoms with Gasteiger partial charge in [0.2, 0.25) is 5.91 Å². The zero-order chi connectivity index (χ0) is 16.9. The van der Waals surface area contributed by atoms with Gasteiger partial charge in [-0.25, -0.2) is 0 Å². The van der Waals surface area contributed by atoms with Crippen LogP contribution in [-0.4, -0.2) is 43.5 Å². The smallest absolute Gasteiger partial charge is 0.238 e. The van der Waals surface area contributed by atoms with Gasteiger partial charge in [-0.1, -0.05) is 23.7 Å². The molecule has 1 fully saturated rings. The summed E-state index contributed by atoms with van der Waals surface area (Å²) in [7, 11) is 0. The van der Waals surface area contributed by atoms with E-state index in [0.29, 0.717) is 6.54 Å². The van der Waals surface area contributed by atoms with Crippen molar-refractivity contribution >= 4 is 51.5 Å². The van der Waals surface area contributed by atoms with E-state index in [1.54, 1.807) is 0 Å². The van der Waals surface area contributed by atoms with E-state index < -0.39 is 0 Å². The molecule has 0 radical (unpaired) electrons. The molecule has 0 atom stereocenters. The molecule has 1 N–H and O–H groups in total. The van der Waals surface area contributed by atoms with Crippen molar-refractivity contribution in [2.45, 2.75) is 0 Å². The average Bonchev–Trinajstić information content (AvgIpc) is 2.58. The van der Waals surface area contributed by atoms with Crippen LogP contribution in [0.4, 0.5) is 11.4 Å². The van der Waals surface area contributed by atoms with Gasteiger partial charge in [-0.3, -0.25) is 9.69 Å². The van der Waals surface area contributed by atoms with Crippen molar-refractivity contribution in [3.05, 3.63) is 57.1 Å². The van der Waals surface area contributed by atoms with Crippen LogP contribution < -0.4 is 10.2 Å². The van der Waals surface area contributed by atoms with Crippen LogP contribution >= 0.6 is 34.2 Å². The number of rotatable bonds is 4. The van der Waals surface area contributed by atoms with Gasteiger partial charge in [0.05, 0.1) is 12.2 Å². The molecular formula is C18H19ClIN3O. The quantitative estimate of drug-likeness (QED) is 0.714. The van der Waals surface area contributed by atoms with E-state index in [2.05, 4.69) is 37.7 Å². The molecule has 0 saturated carbocycles. The second-order valence-electron chi connectivity index (χ2n) is 5.77. The summed E-state index contributed by atoms with van der Waals surface area (Å²) in [6.45, 7) is 4.01. The Morgan fingerprint density at radius 2 is 1.71 bits per heavy atom. The molecule has 2 aromatic carbocycles. The molecule has 0 aliphatic carbocycles. The Hall–Kier alpha value is -1.31. The molecule has 0 unspecified atom stereocenters. The zero-order valence-electron chi connectivity index (χ0n) is 13.2. The number of nitrogens with one attached hydrogen (secondary N) is 1. The maximum atomic E-state index is 12.2. The van der Waals surface area contributed by atoms with Gasteiger partial charge in [-0.05, 0) is 59.0 Å². The van der Waals surface area contributed by atoms with Gasteiger partial charge in [0.25, 0.3) is 0 Å². The highest BCUT2D eigenvalue weighted by Gasteiger charge is 2.19. The standard InChI is InChI=1S/C18H19ClIN3O/c19-14-5-7-15(8-6-14)23-11-9-22(10-12-23)13-18(24)21-17-4-2-1-3-16(17)20/h1-8H,9-13H2,(H,21,24). The van der Waals surface area contributed by atoms with E-state index in [1.165, 1.54) is 5.69 Å². The first kappa shape index (κ1) is 17.5. The number of piperazine rings is 1. The first-order valence-corrected chi connectivity index (χ1v) is 9.35. The molecule has 1 aliphatic heterocycles. The molecule has 126 valence electrons. The van der Waals surface area contributed by atoms with E-state index in [0.717, 1.165) is 40.5 Å². The SMILES string of the molecule is O=C(CN1CCN(c2ccc(Cl)cc2)CC1)Nc1ccccc1I. The molecule has 1 saturated heterocycles. The number of amides is 1. The third kappa shape index (κ3) is 4.62. The highest BCUT2D eigenvalue weighted by atomic mass is 127. The van der Waals surface area contributed by atoms with Gasteiger partial charge in [0, 0.05) is 40.5 Å². The summed E-state index contributed by atoms with van der Waals surface area (Å²) >= 11 is 8.17. The van der Waals surface area contributed by atoms with E-state index in [1.807, 2.05) is 48.5 Å². The summed E-state index contributed by atoms with van der Waals surface area (Å²) in [4.78, 5) is 16.8. The predicted octanol–water partition coefficient (Wildman–Crippen LogP) is 3.71. The van der Waals surface area contributed by atoms with Crippen LogP contribution in [0.5, 0.6) is 0 Å². The van der Waals surface area contributed by atoms with Crippen LogP contribution in [0.3, 0.4) is 0 Å². The fourth-order valence-electron chi connectivity index (χ4n) is 2.77. The van der Waals surface area contributed by atoms with Gasteiger partial charge in [-0.15, -0.1) is 0 Å². The lowest BCUT2D eigenvalue weighted by molar-refractivity contribution is -0.117. The Morgan fingerprint density at radius 1 is 1.04 bits per heavy atom. The molecular weight excluding hydrogens is 437 g/mol. The maximum absolute atomic E-state index is 12.2. The number of hydrogen-bond donors (Lipinski definition) is 1. The molecule has 6 heteroatoms. The molecule has 1 amide bonds. The fourth-order valence-corrected chi connectivity index (χ4v) is 3.42. The number of anilines is 2. The molecule has 0 bridgehead atoms. The summed E-state index contributed by atoms with van der Waals surface area (Å²) in [5.74, 6) is 0.0408. The Labute approximate surface area is 160 Å². The Kier molecular flexibility index (Phi) is 5.97. The van der Waals surface area contributed by atoms with Gasteiger partial charge < -0.3 is 10.2 Å². The molecule has 3 rings (SSSR count). The first-order chi connectivity index (χ1) is 11.6. The number of benzene rings is 2. The van der Waals surface area contributed by atoms with E-state index in [-0.39, 0.29) is 5.91 Å². The van der Waals surface area contributed by atoms with E-state index in [4.69, 9.17) is 11.6 Å². The summed E-state index contributed by atoms with van der Waals surface area (Å²) in [6, 6.07) is 15.7. The van der Waals surface area contributed by atoms with E-state index >= 15 is 0 Å². The predicted molar refractivity (Wildman–Crippen MR) is 108 cm³/mol. The van der Waals surface area contributed by atoms with Gasteiger partial charge in [-0.2, -0.15) is 0 Å². The molecule has 4 nitrogen and oxygen atoms in total. The summed E-state index contributed by atoms with van der Waals surface area (Å²) < 4.78 is 1.05. The van der Waals surface area contributed by atoms with Crippen LogP contribution in [0, 0.1) is 3.57 Å². The number of hydrogen-bond acceptors (Lipinski definition) is 3. The Balaban J connectivity index is 1.49. The van der Waals surface area contributed by atoms with Crippen molar-refractivity contribution in [3.63, 3.8) is 0 Å². The molecule has 1 aliphatic rings. The van der Waals surface area contributed by atoms with Gasteiger partial charge in [0.1, 0.15) is 0 Å². The lowest BCUT2D eigenvalue weighted by Crippen LogP contribution is -2.48. The number of nitrogens with zero attached hydrogens (tertiary/aromatic N) is 2. The average molecular weight is 456 g/mol.